The van der Waals surface area contributed by atoms with Crippen LogP contribution < -0.4 is 10.0 Å². The van der Waals surface area contributed by atoms with Crippen molar-refractivity contribution in [1.82, 2.24) is 0 Å². The van der Waals surface area contributed by atoms with E-state index in [0.717, 1.165) is 16.7 Å². The van der Waals surface area contributed by atoms with Crippen molar-refractivity contribution in [3.8, 4) is 0 Å². The van der Waals surface area contributed by atoms with Gasteiger partial charge in [-0.2, -0.15) is 0 Å². The lowest BCUT2D eigenvalue weighted by Crippen LogP contribution is -2.15. The van der Waals surface area contributed by atoms with Gasteiger partial charge in [-0.05, 0) is 80.4 Å². The molecule has 0 unspecified atom stereocenters. The summed E-state index contributed by atoms with van der Waals surface area (Å²) in [5, 5.41) is 3.28. The first-order chi connectivity index (χ1) is 13.7. The van der Waals surface area contributed by atoms with E-state index >= 15 is 0 Å². The average Bonchev–Trinajstić information content (AvgIpc) is 2.65. The van der Waals surface area contributed by atoms with Gasteiger partial charge < -0.3 is 5.32 Å². The highest BCUT2D eigenvalue weighted by atomic mass is 35.5. The summed E-state index contributed by atoms with van der Waals surface area (Å²) < 4.78 is 28.2. The molecule has 0 saturated carbocycles. The monoisotopic (exact) mass is 428 g/mol. The fourth-order valence-electron chi connectivity index (χ4n) is 3.06. The van der Waals surface area contributed by atoms with Crippen molar-refractivity contribution < 1.29 is 13.2 Å². The smallest absolute Gasteiger partial charge is 0.261 e. The molecule has 0 radical (unpaired) electrons. The number of carbonyl (C=O) groups excluding carboxylic acids is 1. The lowest BCUT2D eigenvalue weighted by molar-refractivity contribution is 0.102. The topological polar surface area (TPSA) is 75.3 Å². The zero-order chi connectivity index (χ0) is 21.2. The number of hydrogen-bond donors (Lipinski definition) is 2. The summed E-state index contributed by atoms with van der Waals surface area (Å²) >= 11 is 5.83. The van der Waals surface area contributed by atoms with Gasteiger partial charge in [0.1, 0.15) is 0 Å². The van der Waals surface area contributed by atoms with E-state index in [0.29, 0.717) is 22.0 Å². The van der Waals surface area contributed by atoms with Crippen LogP contribution in [0, 0.1) is 20.8 Å². The zero-order valence-corrected chi connectivity index (χ0v) is 17.9. The third kappa shape index (κ3) is 4.96. The molecule has 0 saturated heterocycles. The average molecular weight is 429 g/mol. The SMILES string of the molecule is Cc1cc(C)c(NS(=O)(=O)c2ccc(NC(=O)c3ccc(Cl)cc3)cc2)c(C)c1. The molecular formula is C22H21ClN2O3S. The molecule has 0 bridgehead atoms. The molecule has 5 nitrogen and oxygen atoms in total. The van der Waals surface area contributed by atoms with Crippen molar-refractivity contribution in [3.63, 3.8) is 0 Å². The van der Waals surface area contributed by atoms with Gasteiger partial charge in [0.05, 0.1) is 10.6 Å². The first kappa shape index (κ1) is 20.9. The summed E-state index contributed by atoms with van der Waals surface area (Å²) in [6.45, 7) is 5.70. The van der Waals surface area contributed by atoms with Crippen molar-refractivity contribution in [2.75, 3.05) is 10.0 Å². The third-order valence-electron chi connectivity index (χ3n) is 4.44. The molecular weight excluding hydrogens is 408 g/mol. The van der Waals surface area contributed by atoms with E-state index in [9.17, 15) is 13.2 Å². The molecule has 3 rings (SSSR count). The van der Waals surface area contributed by atoms with Crippen LogP contribution >= 0.6 is 11.6 Å². The Kier molecular flexibility index (Phi) is 5.96. The van der Waals surface area contributed by atoms with Crippen molar-refractivity contribution >= 4 is 38.9 Å². The van der Waals surface area contributed by atoms with Crippen LogP contribution in [-0.4, -0.2) is 14.3 Å². The first-order valence-electron chi connectivity index (χ1n) is 8.93. The van der Waals surface area contributed by atoms with Crippen LogP contribution in [0.2, 0.25) is 5.02 Å². The Labute approximate surface area is 175 Å². The molecule has 29 heavy (non-hydrogen) atoms. The van der Waals surface area contributed by atoms with Crippen LogP contribution in [0.4, 0.5) is 11.4 Å². The van der Waals surface area contributed by atoms with Crippen molar-refractivity contribution in [3.05, 3.63) is 87.9 Å². The minimum atomic E-state index is -3.75. The van der Waals surface area contributed by atoms with Gasteiger partial charge in [-0.25, -0.2) is 8.42 Å². The molecule has 0 heterocycles. The van der Waals surface area contributed by atoms with E-state index in [1.54, 1.807) is 36.4 Å². The number of amides is 1. The minimum Gasteiger partial charge on any atom is -0.322 e. The number of hydrogen-bond acceptors (Lipinski definition) is 3. The second-order valence-corrected chi connectivity index (χ2v) is 8.98. The van der Waals surface area contributed by atoms with Crippen molar-refractivity contribution in [2.24, 2.45) is 0 Å². The Bertz CT molecular complexity index is 1130. The summed E-state index contributed by atoms with van der Waals surface area (Å²) in [5.74, 6) is -0.304. The fraction of sp³-hybridized carbons (Fsp3) is 0.136. The summed E-state index contributed by atoms with van der Waals surface area (Å²) in [5.41, 5.74) is 4.32. The number of aryl methyl sites for hydroxylation is 3. The maximum Gasteiger partial charge on any atom is 0.261 e. The Morgan fingerprint density at radius 3 is 1.97 bits per heavy atom. The maximum atomic E-state index is 12.8. The molecule has 0 aromatic heterocycles. The van der Waals surface area contributed by atoms with Crippen molar-refractivity contribution in [1.29, 1.82) is 0 Å². The van der Waals surface area contributed by atoms with E-state index in [1.807, 2.05) is 32.9 Å². The van der Waals surface area contributed by atoms with E-state index in [-0.39, 0.29) is 10.8 Å². The predicted octanol–water partition coefficient (Wildman–Crippen LogP) is 5.32. The number of carbonyl (C=O) groups is 1. The third-order valence-corrected chi connectivity index (χ3v) is 6.06. The van der Waals surface area contributed by atoms with E-state index in [1.165, 1.54) is 12.1 Å². The van der Waals surface area contributed by atoms with Gasteiger partial charge in [0, 0.05) is 16.3 Å². The largest absolute Gasteiger partial charge is 0.322 e. The molecule has 1 amide bonds. The van der Waals surface area contributed by atoms with Gasteiger partial charge >= 0.3 is 0 Å². The fourth-order valence-corrected chi connectivity index (χ4v) is 4.39. The van der Waals surface area contributed by atoms with Gasteiger partial charge in [0.2, 0.25) is 0 Å². The molecule has 0 fully saturated rings. The van der Waals surface area contributed by atoms with Gasteiger partial charge in [-0.1, -0.05) is 29.3 Å². The normalized spacial score (nSPS) is 11.2. The Balaban J connectivity index is 1.77. The van der Waals surface area contributed by atoms with Crippen LogP contribution in [0.5, 0.6) is 0 Å². The summed E-state index contributed by atoms with van der Waals surface area (Å²) in [6.07, 6.45) is 0. The van der Waals surface area contributed by atoms with E-state index < -0.39 is 10.0 Å². The lowest BCUT2D eigenvalue weighted by atomic mass is 10.1. The summed E-state index contributed by atoms with van der Waals surface area (Å²) in [4.78, 5) is 12.4. The summed E-state index contributed by atoms with van der Waals surface area (Å²) in [7, 11) is -3.75. The van der Waals surface area contributed by atoms with Crippen LogP contribution in [-0.2, 0) is 10.0 Å². The molecule has 2 N–H and O–H groups in total. The number of sulfonamides is 1. The molecule has 3 aromatic carbocycles. The van der Waals surface area contributed by atoms with Gasteiger partial charge in [-0.15, -0.1) is 0 Å². The quantitative estimate of drug-likeness (QED) is 0.577. The minimum absolute atomic E-state index is 0.112. The van der Waals surface area contributed by atoms with Gasteiger partial charge in [0.25, 0.3) is 15.9 Å². The van der Waals surface area contributed by atoms with Gasteiger partial charge in [0.15, 0.2) is 0 Å². The van der Waals surface area contributed by atoms with Crippen molar-refractivity contribution in [2.45, 2.75) is 25.7 Å². The maximum absolute atomic E-state index is 12.8. The molecule has 0 atom stereocenters. The van der Waals surface area contributed by atoms with E-state index in [4.69, 9.17) is 11.6 Å². The molecule has 7 heteroatoms. The predicted molar refractivity (Wildman–Crippen MR) is 117 cm³/mol. The second kappa shape index (κ2) is 8.27. The lowest BCUT2D eigenvalue weighted by Gasteiger charge is -2.14. The Morgan fingerprint density at radius 2 is 1.41 bits per heavy atom. The first-order valence-corrected chi connectivity index (χ1v) is 10.8. The van der Waals surface area contributed by atoms with Crippen LogP contribution in [0.15, 0.2) is 65.6 Å². The highest BCUT2D eigenvalue weighted by molar-refractivity contribution is 7.92. The standard InChI is InChI=1S/C22H21ClN2O3S/c1-14-12-15(2)21(16(3)13-14)25-29(27,28)20-10-8-19(9-11-20)24-22(26)17-4-6-18(23)7-5-17/h4-13,25H,1-3H3,(H,24,26). The summed E-state index contributed by atoms with van der Waals surface area (Å²) in [6, 6.07) is 16.4. The van der Waals surface area contributed by atoms with Gasteiger partial charge in [-0.3, -0.25) is 9.52 Å². The molecule has 0 aliphatic carbocycles. The van der Waals surface area contributed by atoms with Crippen LogP contribution in [0.1, 0.15) is 27.0 Å². The molecule has 0 spiro atoms. The molecule has 3 aromatic rings. The second-order valence-electron chi connectivity index (χ2n) is 6.86. The number of nitrogens with one attached hydrogen (secondary N) is 2. The Morgan fingerprint density at radius 1 is 0.862 bits per heavy atom. The number of halogens is 1. The number of rotatable bonds is 5. The highest BCUT2D eigenvalue weighted by Crippen LogP contribution is 2.25. The number of benzene rings is 3. The molecule has 0 aliphatic heterocycles. The van der Waals surface area contributed by atoms with E-state index in [2.05, 4.69) is 10.0 Å². The van der Waals surface area contributed by atoms with Crippen LogP contribution in [0.3, 0.4) is 0 Å². The number of anilines is 2. The van der Waals surface area contributed by atoms with Crippen LogP contribution in [0.25, 0.3) is 0 Å². The Hall–Kier alpha value is -2.83. The molecule has 0 aliphatic rings. The highest BCUT2D eigenvalue weighted by Gasteiger charge is 2.17. The zero-order valence-electron chi connectivity index (χ0n) is 16.3. The molecule has 150 valence electrons.